The Bertz CT molecular complexity index is 1160. The molecule has 2 heterocycles. The SMILES string of the molecule is CC[C@H](C)CC/C=C/C=C(\C)[C@@H](O)C/C=C/C=C/C(=O)OC1C(O)[C@@]2(OCc3cc(O)cc(O)c32)OC(CO)[C@H]1O. The molecule has 1 spiro atoms. The summed E-state index contributed by atoms with van der Waals surface area (Å²) in [4.78, 5) is 12.5. The second-order valence-corrected chi connectivity index (χ2v) is 10.6. The molecule has 2 aliphatic rings. The second kappa shape index (κ2) is 14.8. The first-order valence-corrected chi connectivity index (χ1v) is 13.9. The zero-order chi connectivity index (χ0) is 30.2. The van der Waals surface area contributed by atoms with Gasteiger partial charge in [-0.2, -0.15) is 0 Å². The molecule has 1 aromatic rings. The maximum absolute atomic E-state index is 12.5. The summed E-state index contributed by atoms with van der Waals surface area (Å²) in [5, 5.41) is 62.1. The average molecular weight is 575 g/mol. The zero-order valence-corrected chi connectivity index (χ0v) is 23.7. The summed E-state index contributed by atoms with van der Waals surface area (Å²) in [5.74, 6) is -2.89. The largest absolute Gasteiger partial charge is 0.508 e. The van der Waals surface area contributed by atoms with Gasteiger partial charge in [0.25, 0.3) is 0 Å². The van der Waals surface area contributed by atoms with Crippen LogP contribution in [-0.4, -0.2) is 73.7 Å². The van der Waals surface area contributed by atoms with Crippen molar-refractivity contribution < 1.29 is 49.6 Å². The highest BCUT2D eigenvalue weighted by molar-refractivity contribution is 5.82. The number of benzene rings is 1. The van der Waals surface area contributed by atoms with E-state index in [1.165, 1.54) is 12.1 Å². The van der Waals surface area contributed by atoms with Crippen LogP contribution in [0.3, 0.4) is 0 Å². The van der Waals surface area contributed by atoms with Gasteiger partial charge in [0.15, 0.2) is 12.2 Å². The van der Waals surface area contributed by atoms with Crippen molar-refractivity contribution in [2.24, 2.45) is 5.92 Å². The minimum absolute atomic E-state index is 0.0113. The molecule has 3 unspecified atom stereocenters. The van der Waals surface area contributed by atoms with Gasteiger partial charge < -0.3 is 44.8 Å². The number of phenolic OH excluding ortho intramolecular Hbond substituents is 2. The molecule has 10 heteroatoms. The summed E-state index contributed by atoms with van der Waals surface area (Å²) >= 11 is 0. The van der Waals surface area contributed by atoms with Gasteiger partial charge in [-0.05, 0) is 49.3 Å². The molecule has 226 valence electrons. The van der Waals surface area contributed by atoms with Crippen LogP contribution in [0, 0.1) is 5.92 Å². The molecule has 7 atom stereocenters. The fourth-order valence-corrected chi connectivity index (χ4v) is 4.82. The molecule has 0 amide bonds. The Hall–Kier alpha value is -2.99. The first kappa shape index (κ1) is 32.5. The third kappa shape index (κ3) is 7.85. The molecular formula is C31H42O10. The predicted molar refractivity (Wildman–Crippen MR) is 151 cm³/mol. The van der Waals surface area contributed by atoms with E-state index >= 15 is 0 Å². The third-order valence-electron chi connectivity index (χ3n) is 7.53. The zero-order valence-electron chi connectivity index (χ0n) is 23.7. The number of carbonyl (C=O) groups is 1. The molecule has 0 aromatic heterocycles. The van der Waals surface area contributed by atoms with Crippen molar-refractivity contribution in [2.45, 2.75) is 89.4 Å². The highest BCUT2D eigenvalue weighted by atomic mass is 16.7. The molecule has 1 saturated heterocycles. The van der Waals surface area contributed by atoms with Gasteiger partial charge in [-0.15, -0.1) is 0 Å². The van der Waals surface area contributed by atoms with E-state index in [2.05, 4.69) is 19.9 Å². The smallest absolute Gasteiger partial charge is 0.331 e. The number of fused-ring (bicyclic) bond motifs is 2. The number of ether oxygens (including phenoxy) is 3. The van der Waals surface area contributed by atoms with Gasteiger partial charge >= 0.3 is 5.97 Å². The normalized spacial score (nSPS) is 28.1. The Balaban J connectivity index is 1.59. The van der Waals surface area contributed by atoms with Crippen LogP contribution < -0.4 is 0 Å². The molecule has 1 fully saturated rings. The van der Waals surface area contributed by atoms with E-state index in [0.29, 0.717) is 17.9 Å². The van der Waals surface area contributed by atoms with E-state index in [-0.39, 0.29) is 17.9 Å². The highest BCUT2D eigenvalue weighted by Gasteiger charge is 2.61. The molecule has 1 aromatic carbocycles. The molecule has 2 aliphatic heterocycles. The van der Waals surface area contributed by atoms with E-state index in [4.69, 9.17) is 14.2 Å². The van der Waals surface area contributed by atoms with E-state index < -0.39 is 54.6 Å². The van der Waals surface area contributed by atoms with Gasteiger partial charge in [0.05, 0.1) is 24.9 Å². The van der Waals surface area contributed by atoms with E-state index in [0.717, 1.165) is 37.0 Å². The van der Waals surface area contributed by atoms with Crippen molar-refractivity contribution in [2.75, 3.05) is 6.61 Å². The number of aromatic hydroxyl groups is 2. The lowest BCUT2D eigenvalue weighted by Gasteiger charge is -2.47. The van der Waals surface area contributed by atoms with Crippen LogP contribution in [-0.2, 0) is 31.4 Å². The Morgan fingerprint density at radius 2 is 1.95 bits per heavy atom. The number of allylic oxidation sites excluding steroid dienone is 5. The Morgan fingerprint density at radius 3 is 2.66 bits per heavy atom. The molecule has 6 N–H and O–H groups in total. The molecule has 3 rings (SSSR count). The minimum atomic E-state index is -2.04. The van der Waals surface area contributed by atoms with Crippen molar-refractivity contribution in [1.29, 1.82) is 0 Å². The van der Waals surface area contributed by atoms with Gasteiger partial charge in [0.1, 0.15) is 23.7 Å². The summed E-state index contributed by atoms with van der Waals surface area (Å²) in [6.07, 6.45) is 8.32. The van der Waals surface area contributed by atoms with Gasteiger partial charge in [0.2, 0.25) is 5.79 Å². The summed E-state index contributed by atoms with van der Waals surface area (Å²) in [5.41, 5.74) is 1.15. The Labute approximate surface area is 240 Å². The number of aliphatic hydroxyl groups excluding tert-OH is 4. The molecule has 0 saturated carbocycles. The van der Waals surface area contributed by atoms with Crippen LogP contribution in [0.1, 0.15) is 57.6 Å². The number of esters is 1. The molecule has 41 heavy (non-hydrogen) atoms. The number of phenols is 2. The Morgan fingerprint density at radius 1 is 1.20 bits per heavy atom. The summed E-state index contributed by atoms with van der Waals surface area (Å²) in [6.45, 7) is 5.40. The van der Waals surface area contributed by atoms with Crippen molar-refractivity contribution in [3.05, 3.63) is 71.4 Å². The van der Waals surface area contributed by atoms with Crippen LogP contribution in [0.4, 0.5) is 0 Å². The summed E-state index contributed by atoms with van der Waals surface area (Å²) in [7, 11) is 0. The van der Waals surface area contributed by atoms with E-state index in [1.54, 1.807) is 12.2 Å². The van der Waals surface area contributed by atoms with Crippen LogP contribution in [0.25, 0.3) is 0 Å². The standard InChI is InChI=1S/C31H42O10/c1-4-19(2)11-7-5-8-12-20(3)23(34)13-9-6-10-14-26(36)40-29-28(37)25(17-32)41-31(30(29)38)27-21(18-39-31)15-22(33)16-24(27)35/h5-6,8-10,12,14-16,19,23,25,28-30,32-35,37-38H,4,7,11,13,17-18H2,1-3H3/b8-5+,9-6+,14-10+,20-12+/t19-,23-,25?,28+,29?,30?,31-/m0/s1. The summed E-state index contributed by atoms with van der Waals surface area (Å²) in [6, 6.07) is 2.37. The maximum Gasteiger partial charge on any atom is 0.331 e. The van der Waals surface area contributed by atoms with Crippen LogP contribution in [0.2, 0.25) is 0 Å². The van der Waals surface area contributed by atoms with Crippen molar-refractivity contribution in [3.8, 4) is 11.5 Å². The van der Waals surface area contributed by atoms with Gasteiger partial charge in [0, 0.05) is 12.1 Å². The minimum Gasteiger partial charge on any atom is -0.508 e. The van der Waals surface area contributed by atoms with Crippen LogP contribution >= 0.6 is 0 Å². The average Bonchev–Trinajstić information content (AvgIpc) is 3.31. The monoisotopic (exact) mass is 574 g/mol. The lowest BCUT2D eigenvalue weighted by atomic mass is 9.87. The topological polar surface area (TPSA) is 166 Å². The van der Waals surface area contributed by atoms with Gasteiger partial charge in [-0.1, -0.05) is 56.7 Å². The fraction of sp³-hybridized carbons (Fsp3) is 0.516. The lowest BCUT2D eigenvalue weighted by molar-refractivity contribution is -0.369. The molecule has 10 nitrogen and oxygen atoms in total. The van der Waals surface area contributed by atoms with Crippen molar-refractivity contribution in [1.82, 2.24) is 0 Å². The van der Waals surface area contributed by atoms with Crippen LogP contribution in [0.15, 0.2) is 60.2 Å². The maximum atomic E-state index is 12.5. The highest BCUT2D eigenvalue weighted by Crippen LogP contribution is 2.50. The number of hydrogen-bond acceptors (Lipinski definition) is 10. The fourth-order valence-electron chi connectivity index (χ4n) is 4.82. The molecule has 0 bridgehead atoms. The quantitative estimate of drug-likeness (QED) is 0.124. The molecule has 0 aliphatic carbocycles. The Kier molecular flexibility index (Phi) is 11.7. The van der Waals surface area contributed by atoms with Gasteiger partial charge in [-0.3, -0.25) is 0 Å². The third-order valence-corrected chi connectivity index (χ3v) is 7.53. The number of hydrogen-bond donors (Lipinski definition) is 6. The number of carbonyl (C=O) groups excluding carboxylic acids is 1. The lowest BCUT2D eigenvalue weighted by Crippen LogP contribution is -2.64. The van der Waals surface area contributed by atoms with Gasteiger partial charge in [-0.25, -0.2) is 4.79 Å². The number of aliphatic hydroxyl groups is 4. The summed E-state index contributed by atoms with van der Waals surface area (Å²) < 4.78 is 16.7. The molecular weight excluding hydrogens is 532 g/mol. The first-order chi connectivity index (χ1) is 19.5. The predicted octanol–water partition coefficient (Wildman–Crippen LogP) is 3.00. The molecule has 0 radical (unpaired) electrons. The first-order valence-electron chi connectivity index (χ1n) is 13.9. The van der Waals surface area contributed by atoms with Crippen molar-refractivity contribution >= 4 is 5.97 Å². The van der Waals surface area contributed by atoms with Crippen LogP contribution in [0.5, 0.6) is 11.5 Å². The second-order valence-electron chi connectivity index (χ2n) is 10.6. The van der Waals surface area contributed by atoms with E-state index in [9.17, 15) is 35.4 Å². The van der Waals surface area contributed by atoms with E-state index in [1.807, 2.05) is 19.1 Å². The number of rotatable bonds is 12. The van der Waals surface area contributed by atoms with Crippen molar-refractivity contribution in [3.63, 3.8) is 0 Å².